The summed E-state index contributed by atoms with van der Waals surface area (Å²) in [5.41, 5.74) is 0.713. The first-order chi connectivity index (χ1) is 14.8. The molecule has 1 fully saturated rings. The van der Waals surface area contributed by atoms with Crippen LogP contribution in [0.4, 0.5) is 24.5 Å². The molecule has 2 N–H and O–H groups in total. The molecule has 0 aliphatic heterocycles. The molecule has 2 unspecified atom stereocenters. The Balaban J connectivity index is 1.47. The van der Waals surface area contributed by atoms with Gasteiger partial charge in [0.2, 0.25) is 5.91 Å². The molecule has 0 bridgehead atoms. The first-order valence-electron chi connectivity index (χ1n) is 9.77. The van der Waals surface area contributed by atoms with Crippen molar-refractivity contribution < 1.29 is 22.8 Å². The lowest BCUT2D eigenvalue weighted by molar-refractivity contribution is -0.138. The zero-order valence-corrected chi connectivity index (χ0v) is 16.3. The van der Waals surface area contributed by atoms with Crippen molar-refractivity contribution in [3.05, 3.63) is 95.6 Å². The summed E-state index contributed by atoms with van der Waals surface area (Å²) in [5, 5.41) is 5.51. The molecule has 0 heterocycles. The molecule has 0 aromatic heterocycles. The van der Waals surface area contributed by atoms with Gasteiger partial charge in [-0.2, -0.15) is 13.2 Å². The second-order valence-corrected chi connectivity index (χ2v) is 7.39. The smallest absolute Gasteiger partial charge is 0.324 e. The molecule has 3 aromatic rings. The number of alkyl halides is 3. The van der Waals surface area contributed by atoms with Crippen LogP contribution in [0.15, 0.2) is 78.9 Å². The Hall–Kier alpha value is -3.61. The SMILES string of the molecule is O=C(Nc1ccccc1NC(=O)C1CC1c1ccccc1C(F)(F)F)c1ccccc1. The number of hydrogen-bond donors (Lipinski definition) is 2. The maximum absolute atomic E-state index is 13.3. The number of amides is 2. The minimum atomic E-state index is -4.46. The molecule has 31 heavy (non-hydrogen) atoms. The van der Waals surface area contributed by atoms with Gasteiger partial charge in [0.05, 0.1) is 16.9 Å². The largest absolute Gasteiger partial charge is 0.416 e. The van der Waals surface area contributed by atoms with Crippen molar-refractivity contribution >= 4 is 23.2 Å². The molecule has 4 nitrogen and oxygen atoms in total. The van der Waals surface area contributed by atoms with Gasteiger partial charge in [-0.15, -0.1) is 0 Å². The third-order valence-electron chi connectivity index (χ3n) is 5.26. The summed E-state index contributed by atoms with van der Waals surface area (Å²) in [6.45, 7) is 0. The van der Waals surface area contributed by atoms with Crippen LogP contribution < -0.4 is 10.6 Å². The predicted octanol–water partition coefficient (Wildman–Crippen LogP) is 5.70. The molecule has 2 atom stereocenters. The average molecular weight is 424 g/mol. The van der Waals surface area contributed by atoms with E-state index in [9.17, 15) is 22.8 Å². The third kappa shape index (κ3) is 4.60. The molecule has 2 amide bonds. The van der Waals surface area contributed by atoms with E-state index in [0.717, 1.165) is 6.07 Å². The maximum Gasteiger partial charge on any atom is 0.416 e. The van der Waals surface area contributed by atoms with Gasteiger partial charge >= 0.3 is 6.18 Å². The van der Waals surface area contributed by atoms with Gasteiger partial charge in [0, 0.05) is 11.5 Å². The minimum absolute atomic E-state index is 0.140. The molecule has 0 saturated heterocycles. The molecule has 3 aromatic carbocycles. The fraction of sp³-hybridized carbons (Fsp3) is 0.167. The summed E-state index contributed by atoms with van der Waals surface area (Å²) in [7, 11) is 0. The van der Waals surface area contributed by atoms with Gasteiger partial charge in [0.1, 0.15) is 0 Å². The number of rotatable bonds is 5. The number of hydrogen-bond acceptors (Lipinski definition) is 2. The van der Waals surface area contributed by atoms with Crippen molar-refractivity contribution in [1.29, 1.82) is 0 Å². The van der Waals surface area contributed by atoms with Crippen LogP contribution in [0.2, 0.25) is 0 Å². The van der Waals surface area contributed by atoms with Crippen LogP contribution in [0.1, 0.15) is 33.8 Å². The Labute approximate surface area is 177 Å². The van der Waals surface area contributed by atoms with Gasteiger partial charge < -0.3 is 10.6 Å². The molecule has 1 saturated carbocycles. The summed E-state index contributed by atoms with van der Waals surface area (Å²) in [6, 6.07) is 20.7. The Morgan fingerprint density at radius 2 is 1.35 bits per heavy atom. The van der Waals surface area contributed by atoms with E-state index in [4.69, 9.17) is 0 Å². The Bertz CT molecular complexity index is 1110. The van der Waals surface area contributed by atoms with Crippen molar-refractivity contribution in [3.8, 4) is 0 Å². The highest BCUT2D eigenvalue weighted by Crippen LogP contribution is 2.51. The fourth-order valence-electron chi connectivity index (χ4n) is 3.62. The number of halogens is 3. The fourth-order valence-corrected chi connectivity index (χ4v) is 3.62. The average Bonchev–Trinajstić information content (AvgIpc) is 3.56. The summed E-state index contributed by atoms with van der Waals surface area (Å²) >= 11 is 0. The quantitative estimate of drug-likeness (QED) is 0.552. The maximum atomic E-state index is 13.3. The van der Waals surface area contributed by atoms with Crippen molar-refractivity contribution in [3.63, 3.8) is 0 Å². The van der Waals surface area contributed by atoms with Gasteiger partial charge in [-0.1, -0.05) is 48.5 Å². The minimum Gasteiger partial charge on any atom is -0.324 e. The van der Waals surface area contributed by atoms with Crippen LogP contribution >= 0.6 is 0 Å². The van der Waals surface area contributed by atoms with Gasteiger partial charge in [-0.25, -0.2) is 0 Å². The standard InChI is InChI=1S/C24H19F3N2O2/c25-24(26,27)19-11-5-4-10-16(19)17-14-18(17)23(31)29-21-13-7-6-12-20(21)28-22(30)15-8-2-1-3-9-15/h1-13,17-18H,14H2,(H,28,30)(H,29,31). The highest BCUT2D eigenvalue weighted by molar-refractivity contribution is 6.07. The van der Waals surface area contributed by atoms with E-state index in [0.29, 0.717) is 23.4 Å². The first-order valence-corrected chi connectivity index (χ1v) is 9.77. The van der Waals surface area contributed by atoms with Crippen LogP contribution in [-0.2, 0) is 11.0 Å². The van der Waals surface area contributed by atoms with E-state index < -0.39 is 23.6 Å². The molecule has 158 valence electrons. The monoisotopic (exact) mass is 424 g/mol. The molecule has 4 rings (SSSR count). The highest BCUT2D eigenvalue weighted by atomic mass is 19.4. The first kappa shape index (κ1) is 20.7. The van der Waals surface area contributed by atoms with E-state index in [1.165, 1.54) is 12.1 Å². The van der Waals surface area contributed by atoms with Crippen molar-refractivity contribution in [1.82, 2.24) is 0 Å². The Morgan fingerprint density at radius 3 is 2.03 bits per heavy atom. The molecule has 7 heteroatoms. The van der Waals surface area contributed by atoms with E-state index in [1.54, 1.807) is 60.7 Å². The van der Waals surface area contributed by atoms with Crippen LogP contribution in [0.25, 0.3) is 0 Å². The van der Waals surface area contributed by atoms with Gasteiger partial charge in [-0.05, 0) is 48.2 Å². The topological polar surface area (TPSA) is 58.2 Å². The van der Waals surface area contributed by atoms with Gasteiger partial charge in [0.15, 0.2) is 0 Å². The van der Waals surface area contributed by atoms with Crippen LogP contribution in [0, 0.1) is 5.92 Å². The summed E-state index contributed by atoms with van der Waals surface area (Å²) < 4.78 is 39.9. The van der Waals surface area contributed by atoms with E-state index in [-0.39, 0.29) is 17.4 Å². The molecule has 1 aliphatic carbocycles. The second-order valence-electron chi connectivity index (χ2n) is 7.39. The molecular weight excluding hydrogens is 405 g/mol. The molecule has 0 spiro atoms. The van der Waals surface area contributed by atoms with Crippen molar-refractivity contribution in [2.75, 3.05) is 10.6 Å². The van der Waals surface area contributed by atoms with E-state index >= 15 is 0 Å². The number of anilines is 2. The summed E-state index contributed by atoms with van der Waals surface area (Å²) in [4.78, 5) is 25.2. The molecule has 0 radical (unpaired) electrons. The number of para-hydroxylation sites is 2. The lowest BCUT2D eigenvalue weighted by atomic mass is 10.0. The third-order valence-corrected chi connectivity index (χ3v) is 5.26. The molecular formula is C24H19F3N2O2. The molecule has 1 aliphatic rings. The second kappa shape index (κ2) is 8.26. The van der Waals surface area contributed by atoms with Crippen molar-refractivity contribution in [2.45, 2.75) is 18.5 Å². The van der Waals surface area contributed by atoms with E-state index in [2.05, 4.69) is 10.6 Å². The van der Waals surface area contributed by atoms with Crippen LogP contribution in [0.3, 0.4) is 0 Å². The predicted molar refractivity (Wildman–Crippen MR) is 112 cm³/mol. The van der Waals surface area contributed by atoms with Crippen molar-refractivity contribution in [2.24, 2.45) is 5.92 Å². The number of nitrogens with one attached hydrogen (secondary N) is 2. The highest BCUT2D eigenvalue weighted by Gasteiger charge is 2.47. The number of carbonyl (C=O) groups is 2. The lowest BCUT2D eigenvalue weighted by Crippen LogP contribution is -2.18. The van der Waals surface area contributed by atoms with Gasteiger partial charge in [-0.3, -0.25) is 9.59 Å². The Kier molecular flexibility index (Phi) is 5.50. The number of carbonyl (C=O) groups excluding carboxylic acids is 2. The zero-order valence-electron chi connectivity index (χ0n) is 16.3. The van der Waals surface area contributed by atoms with Crippen LogP contribution in [0.5, 0.6) is 0 Å². The summed E-state index contributed by atoms with van der Waals surface area (Å²) in [5.74, 6) is -1.74. The number of benzene rings is 3. The van der Waals surface area contributed by atoms with Gasteiger partial charge in [0.25, 0.3) is 5.91 Å². The lowest BCUT2D eigenvalue weighted by Gasteiger charge is -2.14. The zero-order chi connectivity index (χ0) is 22.0. The summed E-state index contributed by atoms with van der Waals surface area (Å²) in [6.07, 6.45) is -4.12. The van der Waals surface area contributed by atoms with Crippen LogP contribution in [-0.4, -0.2) is 11.8 Å². The Morgan fingerprint density at radius 1 is 0.774 bits per heavy atom. The van der Waals surface area contributed by atoms with E-state index in [1.807, 2.05) is 0 Å². The normalized spacial score (nSPS) is 17.6.